The van der Waals surface area contributed by atoms with Crippen LogP contribution in [0.1, 0.15) is 26.2 Å². The molecular formula is C15H23N5O2. The van der Waals surface area contributed by atoms with Crippen molar-refractivity contribution in [2.75, 3.05) is 31.1 Å². The third-order valence-electron chi connectivity index (χ3n) is 3.74. The maximum atomic E-state index is 11.6. The van der Waals surface area contributed by atoms with Crippen LogP contribution in [-0.4, -0.2) is 48.0 Å². The molecule has 7 heteroatoms. The number of hydrogen-bond acceptors (Lipinski definition) is 5. The van der Waals surface area contributed by atoms with Crippen molar-refractivity contribution in [1.29, 1.82) is 0 Å². The van der Waals surface area contributed by atoms with Crippen LogP contribution >= 0.6 is 0 Å². The SMILES string of the molecule is CCCNC(=O)C(=O)NCC1CCN(c2ncccn2)CC1. The first-order valence-electron chi connectivity index (χ1n) is 7.78. The third-order valence-corrected chi connectivity index (χ3v) is 3.74. The molecule has 1 aliphatic rings. The number of nitrogens with one attached hydrogen (secondary N) is 2. The van der Waals surface area contributed by atoms with E-state index in [-0.39, 0.29) is 0 Å². The fraction of sp³-hybridized carbons (Fsp3) is 0.600. The van der Waals surface area contributed by atoms with Crippen molar-refractivity contribution in [3.8, 4) is 0 Å². The summed E-state index contributed by atoms with van der Waals surface area (Å²) >= 11 is 0. The molecule has 1 aromatic rings. The lowest BCUT2D eigenvalue weighted by Gasteiger charge is -2.31. The standard InChI is InChI=1S/C15H23N5O2/c1-2-6-16-13(21)14(22)19-11-12-4-9-20(10-5-12)15-17-7-3-8-18-15/h3,7-8,12H,2,4-6,9-11H2,1H3,(H,16,21)(H,19,22). The first-order valence-corrected chi connectivity index (χ1v) is 7.78. The lowest BCUT2D eigenvalue weighted by molar-refractivity contribution is -0.139. The molecule has 2 N–H and O–H groups in total. The van der Waals surface area contributed by atoms with Gasteiger partial charge in [-0.2, -0.15) is 0 Å². The Morgan fingerprint density at radius 3 is 2.45 bits per heavy atom. The maximum Gasteiger partial charge on any atom is 0.309 e. The molecule has 0 radical (unpaired) electrons. The molecule has 1 saturated heterocycles. The van der Waals surface area contributed by atoms with Gasteiger partial charge in [0.05, 0.1) is 0 Å². The van der Waals surface area contributed by atoms with Crippen LogP contribution in [0.5, 0.6) is 0 Å². The van der Waals surface area contributed by atoms with Crippen molar-refractivity contribution in [3.63, 3.8) is 0 Å². The first-order chi connectivity index (χ1) is 10.7. The zero-order valence-electron chi connectivity index (χ0n) is 12.9. The Morgan fingerprint density at radius 1 is 1.18 bits per heavy atom. The van der Waals surface area contributed by atoms with Gasteiger partial charge in [-0.1, -0.05) is 6.92 Å². The molecule has 0 aliphatic carbocycles. The van der Waals surface area contributed by atoms with Crippen molar-refractivity contribution in [1.82, 2.24) is 20.6 Å². The van der Waals surface area contributed by atoms with Gasteiger partial charge < -0.3 is 15.5 Å². The summed E-state index contributed by atoms with van der Waals surface area (Å²) in [6.07, 6.45) is 6.20. The van der Waals surface area contributed by atoms with Gasteiger partial charge in [0.1, 0.15) is 0 Å². The highest BCUT2D eigenvalue weighted by Crippen LogP contribution is 2.19. The number of anilines is 1. The lowest BCUT2D eigenvalue weighted by atomic mass is 9.97. The molecule has 0 aromatic carbocycles. The molecule has 0 atom stereocenters. The molecule has 0 spiro atoms. The smallest absolute Gasteiger partial charge is 0.309 e. The fourth-order valence-electron chi connectivity index (χ4n) is 2.43. The maximum absolute atomic E-state index is 11.6. The monoisotopic (exact) mass is 305 g/mol. The predicted molar refractivity (Wildman–Crippen MR) is 83.3 cm³/mol. The predicted octanol–water partition coefficient (Wildman–Crippen LogP) is 0.335. The zero-order chi connectivity index (χ0) is 15.8. The fourth-order valence-corrected chi connectivity index (χ4v) is 2.43. The van der Waals surface area contributed by atoms with Crippen LogP contribution in [0, 0.1) is 5.92 Å². The van der Waals surface area contributed by atoms with Gasteiger partial charge in [-0.15, -0.1) is 0 Å². The van der Waals surface area contributed by atoms with Crippen molar-refractivity contribution < 1.29 is 9.59 Å². The normalized spacial score (nSPS) is 15.4. The number of hydrogen-bond donors (Lipinski definition) is 2. The summed E-state index contributed by atoms with van der Waals surface area (Å²) in [4.78, 5) is 33.7. The number of carbonyl (C=O) groups excluding carboxylic acids is 2. The van der Waals surface area contributed by atoms with E-state index in [4.69, 9.17) is 0 Å². The summed E-state index contributed by atoms with van der Waals surface area (Å²) in [5.74, 6) is 0.0612. The molecule has 22 heavy (non-hydrogen) atoms. The van der Waals surface area contributed by atoms with E-state index >= 15 is 0 Å². The van der Waals surface area contributed by atoms with Gasteiger partial charge in [0, 0.05) is 38.6 Å². The minimum Gasteiger partial charge on any atom is -0.348 e. The van der Waals surface area contributed by atoms with Gasteiger partial charge in [-0.3, -0.25) is 9.59 Å². The number of rotatable bonds is 5. The Kier molecular flexibility index (Phi) is 6.12. The van der Waals surface area contributed by atoms with Gasteiger partial charge in [0.2, 0.25) is 5.95 Å². The highest BCUT2D eigenvalue weighted by atomic mass is 16.2. The van der Waals surface area contributed by atoms with Crippen LogP contribution in [0.2, 0.25) is 0 Å². The summed E-state index contributed by atoms with van der Waals surface area (Å²) in [7, 11) is 0. The van der Waals surface area contributed by atoms with Crippen molar-refractivity contribution >= 4 is 17.8 Å². The number of aromatic nitrogens is 2. The molecule has 0 bridgehead atoms. The van der Waals surface area contributed by atoms with Crippen LogP contribution in [-0.2, 0) is 9.59 Å². The van der Waals surface area contributed by atoms with E-state index in [1.807, 2.05) is 6.92 Å². The van der Waals surface area contributed by atoms with Gasteiger partial charge in [0.15, 0.2) is 0 Å². The second-order valence-electron chi connectivity index (χ2n) is 5.45. The van der Waals surface area contributed by atoms with E-state index in [9.17, 15) is 9.59 Å². The van der Waals surface area contributed by atoms with Gasteiger partial charge in [-0.05, 0) is 31.2 Å². The third kappa shape index (κ3) is 4.68. The Balaban J connectivity index is 1.69. The van der Waals surface area contributed by atoms with E-state index < -0.39 is 11.8 Å². The van der Waals surface area contributed by atoms with E-state index in [0.29, 0.717) is 19.0 Å². The Labute approximate surface area is 130 Å². The number of amides is 2. The molecule has 0 saturated carbocycles. The van der Waals surface area contributed by atoms with Crippen molar-refractivity contribution in [3.05, 3.63) is 18.5 Å². The number of carbonyl (C=O) groups is 2. The van der Waals surface area contributed by atoms with Gasteiger partial charge >= 0.3 is 11.8 Å². The Bertz CT molecular complexity index is 486. The van der Waals surface area contributed by atoms with Crippen LogP contribution in [0.4, 0.5) is 5.95 Å². The molecule has 0 unspecified atom stereocenters. The van der Waals surface area contributed by atoms with Crippen LogP contribution in [0.15, 0.2) is 18.5 Å². The summed E-state index contributed by atoms with van der Waals surface area (Å²) in [6.45, 7) is 4.76. The van der Waals surface area contributed by atoms with E-state index in [0.717, 1.165) is 38.3 Å². The van der Waals surface area contributed by atoms with E-state index in [1.54, 1.807) is 18.5 Å². The van der Waals surface area contributed by atoms with Crippen molar-refractivity contribution in [2.45, 2.75) is 26.2 Å². The van der Waals surface area contributed by atoms with Gasteiger partial charge in [-0.25, -0.2) is 9.97 Å². The Morgan fingerprint density at radius 2 is 1.82 bits per heavy atom. The van der Waals surface area contributed by atoms with Crippen LogP contribution < -0.4 is 15.5 Å². The summed E-state index contributed by atoms with van der Waals surface area (Å²) in [6, 6.07) is 1.80. The van der Waals surface area contributed by atoms with E-state index in [1.165, 1.54) is 0 Å². The molecular weight excluding hydrogens is 282 g/mol. The molecule has 1 aliphatic heterocycles. The number of nitrogens with zero attached hydrogens (tertiary/aromatic N) is 3. The van der Waals surface area contributed by atoms with Gasteiger partial charge in [0.25, 0.3) is 0 Å². The molecule has 2 rings (SSSR count). The second kappa shape index (κ2) is 8.31. The molecule has 120 valence electrons. The molecule has 2 heterocycles. The zero-order valence-corrected chi connectivity index (χ0v) is 12.9. The summed E-state index contributed by atoms with van der Waals surface area (Å²) < 4.78 is 0. The second-order valence-corrected chi connectivity index (χ2v) is 5.45. The Hall–Kier alpha value is -2.18. The molecule has 1 aromatic heterocycles. The highest BCUT2D eigenvalue weighted by Gasteiger charge is 2.22. The quantitative estimate of drug-likeness (QED) is 0.766. The first kappa shape index (κ1) is 16.2. The number of piperidine rings is 1. The lowest BCUT2D eigenvalue weighted by Crippen LogP contribution is -2.44. The summed E-state index contributed by atoms with van der Waals surface area (Å²) in [5, 5.41) is 5.29. The minimum atomic E-state index is -0.544. The topological polar surface area (TPSA) is 87.2 Å². The largest absolute Gasteiger partial charge is 0.348 e. The molecule has 7 nitrogen and oxygen atoms in total. The molecule has 1 fully saturated rings. The van der Waals surface area contributed by atoms with Crippen LogP contribution in [0.25, 0.3) is 0 Å². The van der Waals surface area contributed by atoms with E-state index in [2.05, 4.69) is 25.5 Å². The average Bonchev–Trinajstić information content (AvgIpc) is 2.58. The average molecular weight is 305 g/mol. The summed E-state index contributed by atoms with van der Waals surface area (Å²) in [5.41, 5.74) is 0. The highest BCUT2D eigenvalue weighted by molar-refractivity contribution is 6.35. The van der Waals surface area contributed by atoms with Crippen LogP contribution in [0.3, 0.4) is 0 Å². The minimum absolute atomic E-state index is 0.392. The molecule has 2 amide bonds. The van der Waals surface area contributed by atoms with Crippen molar-refractivity contribution in [2.24, 2.45) is 5.92 Å².